The van der Waals surface area contributed by atoms with Gasteiger partial charge < -0.3 is 19.7 Å². The molecule has 0 bridgehead atoms. The van der Waals surface area contributed by atoms with Gasteiger partial charge in [0.15, 0.2) is 17.2 Å². The molecular formula is C18H23ClN4O3. The van der Waals surface area contributed by atoms with Gasteiger partial charge in [-0.15, -0.1) is 12.4 Å². The van der Waals surface area contributed by atoms with Gasteiger partial charge in [0.25, 0.3) is 5.91 Å². The maximum atomic E-state index is 13.0. The summed E-state index contributed by atoms with van der Waals surface area (Å²) in [6.45, 7) is 2.85. The van der Waals surface area contributed by atoms with Gasteiger partial charge in [-0.25, -0.2) is 0 Å². The summed E-state index contributed by atoms with van der Waals surface area (Å²) in [5.74, 6) is 1.41. The van der Waals surface area contributed by atoms with E-state index in [1.807, 2.05) is 17.0 Å². The maximum absolute atomic E-state index is 13.0. The second-order valence-corrected chi connectivity index (χ2v) is 6.41. The summed E-state index contributed by atoms with van der Waals surface area (Å²) in [6.07, 6.45) is 1.68. The number of aromatic amines is 1. The standard InChI is InChI=1S/C18H22N4O3.ClH/c1-24-15-7-11-4-6-22(10-12(11)8-16(15)25-2)18(23)17-13-9-19-5-3-14(13)20-21-17;/h7-8,19H,3-6,9-10H2,1-2H3,(H,20,21);1H. The second-order valence-electron chi connectivity index (χ2n) is 6.41. The smallest absolute Gasteiger partial charge is 0.275 e. The molecule has 0 atom stereocenters. The highest BCUT2D eigenvalue weighted by Gasteiger charge is 2.28. The van der Waals surface area contributed by atoms with Crippen molar-refractivity contribution in [1.29, 1.82) is 0 Å². The zero-order valence-electron chi connectivity index (χ0n) is 14.9. The average Bonchev–Trinajstić information content (AvgIpc) is 3.09. The molecule has 0 aliphatic carbocycles. The first-order valence-electron chi connectivity index (χ1n) is 8.51. The van der Waals surface area contributed by atoms with Crippen LogP contribution in [0.25, 0.3) is 0 Å². The molecule has 1 amide bonds. The molecule has 0 spiro atoms. The van der Waals surface area contributed by atoms with Crippen LogP contribution in [0.15, 0.2) is 12.1 Å². The number of methoxy groups -OCH3 is 2. The molecule has 0 saturated carbocycles. The number of ether oxygens (including phenoxy) is 2. The zero-order chi connectivity index (χ0) is 17.4. The van der Waals surface area contributed by atoms with Gasteiger partial charge in [0.2, 0.25) is 0 Å². The summed E-state index contributed by atoms with van der Waals surface area (Å²) in [5, 5.41) is 10.6. The van der Waals surface area contributed by atoms with Crippen LogP contribution in [0.5, 0.6) is 11.5 Å². The number of carbonyl (C=O) groups is 1. The fourth-order valence-corrected chi connectivity index (χ4v) is 3.61. The van der Waals surface area contributed by atoms with Crippen molar-refractivity contribution in [3.63, 3.8) is 0 Å². The van der Waals surface area contributed by atoms with Gasteiger partial charge in [-0.3, -0.25) is 9.89 Å². The first kappa shape index (κ1) is 18.5. The third kappa shape index (κ3) is 3.12. The van der Waals surface area contributed by atoms with Gasteiger partial charge in [-0.1, -0.05) is 0 Å². The number of halogens is 1. The lowest BCUT2D eigenvalue weighted by atomic mass is 9.98. The van der Waals surface area contributed by atoms with Crippen LogP contribution in [-0.2, 0) is 25.9 Å². The number of hydrogen-bond donors (Lipinski definition) is 2. The third-order valence-electron chi connectivity index (χ3n) is 5.01. The summed E-state index contributed by atoms with van der Waals surface area (Å²) in [7, 11) is 3.26. The third-order valence-corrected chi connectivity index (χ3v) is 5.01. The molecule has 0 unspecified atom stereocenters. The molecule has 140 valence electrons. The number of carbonyl (C=O) groups excluding carboxylic acids is 1. The minimum absolute atomic E-state index is 0. The van der Waals surface area contributed by atoms with Gasteiger partial charge in [0.1, 0.15) is 0 Å². The summed E-state index contributed by atoms with van der Waals surface area (Å²) < 4.78 is 10.8. The Balaban J connectivity index is 0.00000196. The van der Waals surface area contributed by atoms with Crippen LogP contribution in [0, 0.1) is 0 Å². The van der Waals surface area contributed by atoms with E-state index in [0.717, 1.165) is 42.0 Å². The van der Waals surface area contributed by atoms with Crippen LogP contribution in [0.3, 0.4) is 0 Å². The number of aromatic nitrogens is 2. The van der Waals surface area contributed by atoms with E-state index in [4.69, 9.17) is 9.47 Å². The molecule has 1 aromatic carbocycles. The van der Waals surface area contributed by atoms with E-state index in [2.05, 4.69) is 15.5 Å². The number of nitrogens with one attached hydrogen (secondary N) is 2. The highest BCUT2D eigenvalue weighted by molar-refractivity contribution is 5.94. The van der Waals surface area contributed by atoms with Gasteiger partial charge in [0.05, 0.1) is 14.2 Å². The minimum atomic E-state index is -0.0124. The second kappa shape index (κ2) is 7.55. The Labute approximate surface area is 158 Å². The number of nitrogens with zero attached hydrogens (tertiary/aromatic N) is 2. The fourth-order valence-electron chi connectivity index (χ4n) is 3.61. The Kier molecular flexibility index (Phi) is 5.38. The lowest BCUT2D eigenvalue weighted by Crippen LogP contribution is -2.37. The normalized spacial score (nSPS) is 15.5. The molecule has 2 aliphatic rings. The molecule has 0 radical (unpaired) electrons. The minimum Gasteiger partial charge on any atom is -0.493 e. The summed E-state index contributed by atoms with van der Waals surface area (Å²) in [6, 6.07) is 3.98. The molecular weight excluding hydrogens is 356 g/mol. The molecule has 8 heteroatoms. The Morgan fingerprint density at radius 3 is 2.62 bits per heavy atom. The lowest BCUT2D eigenvalue weighted by molar-refractivity contribution is 0.0727. The maximum Gasteiger partial charge on any atom is 0.275 e. The molecule has 2 N–H and O–H groups in total. The van der Waals surface area contributed by atoms with Crippen molar-refractivity contribution in [3.05, 3.63) is 40.2 Å². The van der Waals surface area contributed by atoms with Crippen molar-refractivity contribution in [1.82, 2.24) is 20.4 Å². The quantitative estimate of drug-likeness (QED) is 0.849. The molecule has 0 fully saturated rings. The van der Waals surface area contributed by atoms with Crippen LogP contribution in [0.1, 0.15) is 32.9 Å². The molecule has 1 aromatic heterocycles. The first-order valence-corrected chi connectivity index (χ1v) is 8.51. The van der Waals surface area contributed by atoms with Gasteiger partial charge in [-0.05, 0) is 29.7 Å². The van der Waals surface area contributed by atoms with E-state index >= 15 is 0 Å². The van der Waals surface area contributed by atoms with Crippen LogP contribution in [0.2, 0.25) is 0 Å². The lowest BCUT2D eigenvalue weighted by Gasteiger charge is -2.29. The first-order chi connectivity index (χ1) is 12.2. The number of H-pyrrole nitrogens is 1. The number of fused-ring (bicyclic) bond motifs is 2. The van der Waals surface area contributed by atoms with Crippen molar-refractivity contribution < 1.29 is 14.3 Å². The van der Waals surface area contributed by atoms with Crippen molar-refractivity contribution in [2.75, 3.05) is 27.3 Å². The Bertz CT molecular complexity index is 821. The molecule has 2 aliphatic heterocycles. The zero-order valence-corrected chi connectivity index (χ0v) is 15.7. The molecule has 4 rings (SSSR count). The molecule has 2 aromatic rings. The van der Waals surface area contributed by atoms with E-state index in [1.165, 1.54) is 5.56 Å². The molecule has 26 heavy (non-hydrogen) atoms. The predicted molar refractivity (Wildman–Crippen MR) is 99.2 cm³/mol. The van der Waals surface area contributed by atoms with E-state index in [1.54, 1.807) is 14.2 Å². The highest BCUT2D eigenvalue weighted by Crippen LogP contribution is 2.33. The number of hydrogen-bond acceptors (Lipinski definition) is 5. The summed E-state index contributed by atoms with van der Waals surface area (Å²) in [5.41, 5.74) is 4.93. The SMILES string of the molecule is COc1cc2c(cc1OC)CN(C(=O)c1n[nH]c3c1CNCC3)CC2.Cl. The monoisotopic (exact) mass is 378 g/mol. The van der Waals surface area contributed by atoms with E-state index in [0.29, 0.717) is 31.1 Å². The van der Waals surface area contributed by atoms with Gasteiger partial charge in [-0.2, -0.15) is 5.10 Å². The Morgan fingerprint density at radius 1 is 1.15 bits per heavy atom. The predicted octanol–water partition coefficient (Wildman–Crippen LogP) is 1.69. The fraction of sp³-hybridized carbons (Fsp3) is 0.444. The van der Waals surface area contributed by atoms with Crippen molar-refractivity contribution in [2.45, 2.75) is 25.9 Å². The van der Waals surface area contributed by atoms with Crippen LogP contribution in [0.4, 0.5) is 0 Å². The van der Waals surface area contributed by atoms with Crippen molar-refractivity contribution >= 4 is 18.3 Å². The van der Waals surface area contributed by atoms with Crippen LogP contribution in [-0.4, -0.2) is 48.3 Å². The molecule has 0 saturated heterocycles. The van der Waals surface area contributed by atoms with Crippen molar-refractivity contribution in [3.8, 4) is 11.5 Å². The Hall–Kier alpha value is -2.25. The average molecular weight is 379 g/mol. The number of benzene rings is 1. The van der Waals surface area contributed by atoms with Gasteiger partial charge in [0, 0.05) is 43.9 Å². The van der Waals surface area contributed by atoms with Gasteiger partial charge >= 0.3 is 0 Å². The number of amides is 1. The van der Waals surface area contributed by atoms with E-state index < -0.39 is 0 Å². The van der Waals surface area contributed by atoms with Crippen LogP contribution < -0.4 is 14.8 Å². The summed E-state index contributed by atoms with van der Waals surface area (Å²) >= 11 is 0. The highest BCUT2D eigenvalue weighted by atomic mass is 35.5. The largest absolute Gasteiger partial charge is 0.493 e. The Morgan fingerprint density at radius 2 is 1.88 bits per heavy atom. The summed E-state index contributed by atoms with van der Waals surface area (Å²) in [4.78, 5) is 14.8. The number of rotatable bonds is 3. The molecule has 3 heterocycles. The molecule has 7 nitrogen and oxygen atoms in total. The van der Waals surface area contributed by atoms with Crippen LogP contribution >= 0.6 is 12.4 Å². The van der Waals surface area contributed by atoms with E-state index in [-0.39, 0.29) is 18.3 Å². The van der Waals surface area contributed by atoms with E-state index in [9.17, 15) is 4.79 Å². The van der Waals surface area contributed by atoms with Crippen molar-refractivity contribution in [2.24, 2.45) is 0 Å². The topological polar surface area (TPSA) is 79.5 Å².